The first kappa shape index (κ1) is 12.6. The molecule has 1 aromatic heterocycles. The molecule has 1 saturated heterocycles. The molecule has 1 aliphatic carbocycles. The summed E-state index contributed by atoms with van der Waals surface area (Å²) in [6, 6.07) is 2.74. The molecule has 1 saturated carbocycles. The van der Waals surface area contributed by atoms with Gasteiger partial charge in [-0.2, -0.15) is 0 Å². The summed E-state index contributed by atoms with van der Waals surface area (Å²) < 4.78 is 6.27. The van der Waals surface area contributed by atoms with Crippen LogP contribution in [-0.4, -0.2) is 18.8 Å². The van der Waals surface area contributed by atoms with Gasteiger partial charge in [0.15, 0.2) is 0 Å². The van der Waals surface area contributed by atoms with E-state index in [-0.39, 0.29) is 5.60 Å². The summed E-state index contributed by atoms with van der Waals surface area (Å²) in [4.78, 5) is 1.40. The van der Waals surface area contributed by atoms with Gasteiger partial charge >= 0.3 is 0 Å². The second kappa shape index (κ2) is 4.95. The van der Waals surface area contributed by atoms with Crippen molar-refractivity contribution in [3.05, 3.63) is 21.9 Å². The smallest absolute Gasteiger partial charge is 0.0877 e. The zero-order valence-electron chi connectivity index (χ0n) is 11.4. The molecule has 1 spiro atoms. The maximum absolute atomic E-state index is 6.27. The molecule has 100 valence electrons. The van der Waals surface area contributed by atoms with Crippen LogP contribution in [0.4, 0.5) is 0 Å². The lowest BCUT2D eigenvalue weighted by atomic mass is 9.73. The highest BCUT2D eigenvalue weighted by Crippen LogP contribution is 2.45. The second-order valence-electron chi connectivity index (χ2n) is 5.97. The molecule has 3 rings (SSSR count). The van der Waals surface area contributed by atoms with E-state index < -0.39 is 0 Å². The van der Waals surface area contributed by atoms with Crippen LogP contribution < -0.4 is 5.32 Å². The Labute approximate surface area is 114 Å². The summed E-state index contributed by atoms with van der Waals surface area (Å²) in [6.07, 6.45) is 5.03. The van der Waals surface area contributed by atoms with Gasteiger partial charge < -0.3 is 10.1 Å². The van der Waals surface area contributed by atoms with Crippen molar-refractivity contribution in [2.75, 3.05) is 13.2 Å². The third-order valence-corrected chi connectivity index (χ3v) is 5.45. The van der Waals surface area contributed by atoms with Crippen molar-refractivity contribution >= 4 is 11.3 Å². The van der Waals surface area contributed by atoms with Crippen molar-refractivity contribution in [2.45, 2.75) is 51.2 Å². The fraction of sp³-hybridized carbons (Fsp3) is 0.733. The van der Waals surface area contributed by atoms with Crippen LogP contribution in [0.3, 0.4) is 0 Å². The third-order valence-electron chi connectivity index (χ3n) is 4.57. The van der Waals surface area contributed by atoms with Gasteiger partial charge in [0.05, 0.1) is 18.2 Å². The minimum atomic E-state index is 0.0677. The van der Waals surface area contributed by atoms with E-state index in [1.165, 1.54) is 36.1 Å². The molecule has 0 bridgehead atoms. The Hall–Kier alpha value is -0.380. The Balaban J connectivity index is 1.86. The van der Waals surface area contributed by atoms with Gasteiger partial charge in [-0.15, -0.1) is 11.3 Å². The Morgan fingerprint density at radius 3 is 2.83 bits per heavy atom. The van der Waals surface area contributed by atoms with E-state index in [2.05, 4.69) is 30.6 Å². The van der Waals surface area contributed by atoms with Gasteiger partial charge in [-0.1, -0.05) is 6.92 Å². The number of hydrogen-bond donors (Lipinski definition) is 1. The van der Waals surface area contributed by atoms with E-state index in [4.69, 9.17) is 4.74 Å². The number of ether oxygens (including phenoxy) is 1. The first-order valence-electron chi connectivity index (χ1n) is 7.12. The third kappa shape index (κ3) is 2.24. The molecule has 0 radical (unpaired) electrons. The van der Waals surface area contributed by atoms with Crippen LogP contribution in [-0.2, 0) is 4.74 Å². The first-order valence-corrected chi connectivity index (χ1v) is 8.00. The summed E-state index contributed by atoms with van der Waals surface area (Å²) >= 11 is 1.85. The van der Waals surface area contributed by atoms with E-state index in [0.717, 1.165) is 19.1 Å². The molecular weight excluding hydrogens is 242 g/mol. The molecule has 1 aromatic rings. The number of thiophene rings is 1. The zero-order chi connectivity index (χ0) is 12.6. The van der Waals surface area contributed by atoms with Gasteiger partial charge in [-0.05, 0) is 55.5 Å². The highest BCUT2D eigenvalue weighted by atomic mass is 32.1. The second-order valence-corrected chi connectivity index (χ2v) is 7.09. The van der Waals surface area contributed by atoms with Crippen molar-refractivity contribution in [3.63, 3.8) is 0 Å². The Morgan fingerprint density at radius 2 is 2.17 bits per heavy atom. The van der Waals surface area contributed by atoms with Crippen LogP contribution in [0.5, 0.6) is 0 Å². The summed E-state index contributed by atoms with van der Waals surface area (Å²) in [6.45, 7) is 6.41. The van der Waals surface area contributed by atoms with Crippen molar-refractivity contribution in [1.29, 1.82) is 0 Å². The lowest BCUT2D eigenvalue weighted by Gasteiger charge is -2.48. The standard InChI is InChI=1S/C15H23NOS/c1-11-3-5-15(6-4-11)14(16-7-8-17-15)13-9-12(2)18-10-13/h9-11,14,16H,3-8H2,1-2H3. The fourth-order valence-corrected chi connectivity index (χ4v) is 4.18. The number of morpholine rings is 1. The molecule has 3 heteroatoms. The number of nitrogens with one attached hydrogen (secondary N) is 1. The summed E-state index contributed by atoms with van der Waals surface area (Å²) in [5.74, 6) is 0.867. The minimum absolute atomic E-state index is 0.0677. The van der Waals surface area contributed by atoms with Crippen LogP contribution in [0.2, 0.25) is 0 Å². The summed E-state index contributed by atoms with van der Waals surface area (Å²) in [7, 11) is 0. The minimum Gasteiger partial charge on any atom is -0.372 e. The van der Waals surface area contributed by atoms with Gasteiger partial charge in [0.1, 0.15) is 0 Å². The van der Waals surface area contributed by atoms with Crippen LogP contribution in [0.25, 0.3) is 0 Å². The maximum Gasteiger partial charge on any atom is 0.0877 e. The van der Waals surface area contributed by atoms with E-state index in [1.54, 1.807) is 0 Å². The number of aryl methyl sites for hydroxylation is 1. The summed E-state index contributed by atoms with van der Waals surface area (Å²) in [5, 5.41) is 6.01. The van der Waals surface area contributed by atoms with Gasteiger partial charge in [-0.25, -0.2) is 0 Å². The lowest BCUT2D eigenvalue weighted by Crippen LogP contribution is -2.53. The predicted octanol–water partition coefficient (Wildman–Crippen LogP) is 3.67. The predicted molar refractivity (Wildman–Crippen MR) is 76.1 cm³/mol. The van der Waals surface area contributed by atoms with Crippen molar-refractivity contribution < 1.29 is 4.74 Å². The van der Waals surface area contributed by atoms with E-state index in [0.29, 0.717) is 6.04 Å². The molecule has 1 N–H and O–H groups in total. The molecule has 2 heterocycles. The van der Waals surface area contributed by atoms with Crippen LogP contribution >= 0.6 is 11.3 Å². The Morgan fingerprint density at radius 1 is 1.39 bits per heavy atom. The topological polar surface area (TPSA) is 21.3 Å². The average molecular weight is 265 g/mol. The van der Waals surface area contributed by atoms with Crippen molar-refractivity contribution in [3.8, 4) is 0 Å². The van der Waals surface area contributed by atoms with E-state index >= 15 is 0 Å². The Bertz CT molecular complexity index is 406. The van der Waals surface area contributed by atoms with Gasteiger partial charge in [0.25, 0.3) is 0 Å². The molecular formula is C15H23NOS. The normalized spacial score (nSPS) is 37.0. The molecule has 1 atom stereocenters. The quantitative estimate of drug-likeness (QED) is 0.836. The molecule has 0 aromatic carbocycles. The monoisotopic (exact) mass is 265 g/mol. The van der Waals surface area contributed by atoms with Crippen LogP contribution in [0, 0.1) is 12.8 Å². The van der Waals surface area contributed by atoms with E-state index in [1.807, 2.05) is 11.3 Å². The highest BCUT2D eigenvalue weighted by Gasteiger charge is 2.44. The van der Waals surface area contributed by atoms with E-state index in [9.17, 15) is 0 Å². The number of hydrogen-bond acceptors (Lipinski definition) is 3. The van der Waals surface area contributed by atoms with Crippen molar-refractivity contribution in [2.24, 2.45) is 5.92 Å². The first-order chi connectivity index (χ1) is 8.70. The fourth-order valence-electron chi connectivity index (χ4n) is 3.45. The average Bonchev–Trinajstić information content (AvgIpc) is 2.80. The van der Waals surface area contributed by atoms with Crippen molar-refractivity contribution in [1.82, 2.24) is 5.32 Å². The molecule has 0 amide bonds. The van der Waals surface area contributed by atoms with Gasteiger partial charge in [0, 0.05) is 11.4 Å². The number of rotatable bonds is 1. The van der Waals surface area contributed by atoms with Crippen LogP contribution in [0.1, 0.15) is 49.1 Å². The highest BCUT2D eigenvalue weighted by molar-refractivity contribution is 7.10. The molecule has 2 nitrogen and oxygen atoms in total. The molecule has 2 fully saturated rings. The Kier molecular flexibility index (Phi) is 3.48. The zero-order valence-corrected chi connectivity index (χ0v) is 12.2. The molecule has 18 heavy (non-hydrogen) atoms. The summed E-state index contributed by atoms with van der Waals surface area (Å²) in [5.41, 5.74) is 1.50. The van der Waals surface area contributed by atoms with Gasteiger partial charge in [0.2, 0.25) is 0 Å². The van der Waals surface area contributed by atoms with Crippen LogP contribution in [0.15, 0.2) is 11.4 Å². The largest absolute Gasteiger partial charge is 0.372 e. The van der Waals surface area contributed by atoms with Gasteiger partial charge in [-0.3, -0.25) is 0 Å². The SMILES string of the molecule is Cc1cc(C2NCCOC23CCC(C)CC3)cs1. The maximum atomic E-state index is 6.27. The molecule has 2 aliphatic rings. The molecule has 1 aliphatic heterocycles. The lowest BCUT2D eigenvalue weighted by molar-refractivity contribution is -0.124. The molecule has 1 unspecified atom stereocenters.